The van der Waals surface area contributed by atoms with Crippen LogP contribution >= 0.6 is 15.9 Å². The van der Waals surface area contributed by atoms with Gasteiger partial charge in [0.15, 0.2) is 0 Å². The van der Waals surface area contributed by atoms with Gasteiger partial charge >= 0.3 is 0 Å². The molecular formula is C14H19Br. The summed E-state index contributed by atoms with van der Waals surface area (Å²) in [5.74, 6) is 1.56. The van der Waals surface area contributed by atoms with Crippen molar-refractivity contribution >= 4 is 15.9 Å². The number of benzene rings is 1. The van der Waals surface area contributed by atoms with Crippen LogP contribution < -0.4 is 0 Å². The topological polar surface area (TPSA) is 0 Å². The summed E-state index contributed by atoms with van der Waals surface area (Å²) in [6.07, 6.45) is 3.85. The van der Waals surface area contributed by atoms with Gasteiger partial charge in [-0.15, -0.1) is 0 Å². The van der Waals surface area contributed by atoms with E-state index >= 15 is 0 Å². The van der Waals surface area contributed by atoms with Crippen molar-refractivity contribution in [3.63, 3.8) is 0 Å². The van der Waals surface area contributed by atoms with Gasteiger partial charge in [0, 0.05) is 4.83 Å². The van der Waals surface area contributed by atoms with Crippen molar-refractivity contribution in [3.8, 4) is 0 Å². The zero-order valence-electron chi connectivity index (χ0n) is 9.54. The summed E-state index contributed by atoms with van der Waals surface area (Å²) < 4.78 is 0. The van der Waals surface area contributed by atoms with Crippen molar-refractivity contribution in [1.82, 2.24) is 0 Å². The molecule has 0 aliphatic heterocycles. The van der Waals surface area contributed by atoms with Crippen LogP contribution in [0.15, 0.2) is 24.3 Å². The number of halogens is 1. The Morgan fingerprint density at radius 3 is 2.53 bits per heavy atom. The maximum absolute atomic E-state index is 3.86. The molecule has 1 heteroatoms. The number of fused-ring (bicyclic) bond motifs is 1. The smallest absolute Gasteiger partial charge is 0.0200 e. The van der Waals surface area contributed by atoms with Crippen LogP contribution in [0.5, 0.6) is 0 Å². The molecular weight excluding hydrogens is 248 g/mol. The van der Waals surface area contributed by atoms with Crippen molar-refractivity contribution in [2.45, 2.75) is 37.9 Å². The van der Waals surface area contributed by atoms with Gasteiger partial charge in [0.25, 0.3) is 0 Å². The largest absolute Gasteiger partial charge is 0.0885 e. The lowest BCUT2D eigenvalue weighted by molar-refractivity contribution is 0.389. The molecule has 82 valence electrons. The summed E-state index contributed by atoms with van der Waals surface area (Å²) in [5, 5.41) is 0. The highest BCUT2D eigenvalue weighted by Gasteiger charge is 2.25. The van der Waals surface area contributed by atoms with E-state index in [0.717, 1.165) is 11.8 Å². The Kier molecular flexibility index (Phi) is 3.50. The summed E-state index contributed by atoms with van der Waals surface area (Å²) in [5.41, 5.74) is 3.14. The number of aryl methyl sites for hydroxylation is 1. The number of rotatable bonds is 2. The Labute approximate surface area is 101 Å². The monoisotopic (exact) mass is 266 g/mol. The van der Waals surface area contributed by atoms with Gasteiger partial charge in [0.05, 0.1) is 0 Å². The second kappa shape index (κ2) is 4.69. The minimum absolute atomic E-state index is 0.672. The fourth-order valence-electron chi connectivity index (χ4n) is 2.54. The molecule has 0 heterocycles. The highest BCUT2D eigenvalue weighted by Crippen LogP contribution is 2.33. The van der Waals surface area contributed by atoms with Crippen LogP contribution in [0.25, 0.3) is 0 Å². The van der Waals surface area contributed by atoms with Crippen LogP contribution in [0, 0.1) is 11.8 Å². The zero-order valence-corrected chi connectivity index (χ0v) is 11.1. The van der Waals surface area contributed by atoms with E-state index in [1.807, 2.05) is 0 Å². The van der Waals surface area contributed by atoms with Crippen LogP contribution in [0.2, 0.25) is 0 Å². The van der Waals surface area contributed by atoms with Crippen molar-refractivity contribution in [1.29, 1.82) is 0 Å². The average molecular weight is 267 g/mol. The maximum Gasteiger partial charge on any atom is 0.0200 e. The first-order valence-electron chi connectivity index (χ1n) is 5.89. The molecule has 0 N–H and O–H groups in total. The van der Waals surface area contributed by atoms with Crippen molar-refractivity contribution in [2.24, 2.45) is 11.8 Å². The molecule has 2 unspecified atom stereocenters. The van der Waals surface area contributed by atoms with E-state index in [1.54, 1.807) is 11.1 Å². The molecule has 2 atom stereocenters. The maximum atomic E-state index is 3.86. The Bertz CT molecular complexity index is 330. The van der Waals surface area contributed by atoms with E-state index in [0.29, 0.717) is 4.83 Å². The molecule has 1 aromatic carbocycles. The van der Waals surface area contributed by atoms with Crippen molar-refractivity contribution in [3.05, 3.63) is 35.4 Å². The van der Waals surface area contributed by atoms with Gasteiger partial charge in [0.2, 0.25) is 0 Å². The van der Waals surface area contributed by atoms with Gasteiger partial charge in [-0.2, -0.15) is 0 Å². The molecule has 15 heavy (non-hydrogen) atoms. The fourth-order valence-corrected chi connectivity index (χ4v) is 2.99. The van der Waals surface area contributed by atoms with Crippen LogP contribution in [0.3, 0.4) is 0 Å². The minimum atomic E-state index is 0.672. The second-order valence-electron chi connectivity index (χ2n) is 4.96. The molecule has 0 saturated heterocycles. The van der Waals surface area contributed by atoms with Gasteiger partial charge in [-0.25, -0.2) is 0 Å². The third-order valence-corrected chi connectivity index (χ3v) is 5.28. The fraction of sp³-hybridized carbons (Fsp3) is 0.571. The van der Waals surface area contributed by atoms with Crippen molar-refractivity contribution in [2.75, 3.05) is 0 Å². The summed E-state index contributed by atoms with van der Waals surface area (Å²) in [6.45, 7) is 4.61. The molecule has 1 aliphatic rings. The van der Waals surface area contributed by atoms with Crippen molar-refractivity contribution < 1.29 is 0 Å². The van der Waals surface area contributed by atoms with E-state index in [9.17, 15) is 0 Å². The Morgan fingerprint density at radius 1 is 1.20 bits per heavy atom. The lowest BCUT2D eigenvalue weighted by Gasteiger charge is -2.30. The number of hydrogen-bond donors (Lipinski definition) is 0. The molecule has 0 spiro atoms. The molecule has 0 bridgehead atoms. The van der Waals surface area contributed by atoms with Crippen LogP contribution in [-0.4, -0.2) is 4.83 Å². The molecule has 0 nitrogen and oxygen atoms in total. The quantitative estimate of drug-likeness (QED) is 0.704. The molecule has 0 fully saturated rings. The first-order valence-corrected chi connectivity index (χ1v) is 6.81. The number of alkyl halides is 1. The van der Waals surface area contributed by atoms with E-state index < -0.39 is 0 Å². The normalized spacial score (nSPS) is 22.5. The van der Waals surface area contributed by atoms with Crippen LogP contribution in [0.1, 0.15) is 31.4 Å². The standard InChI is InChI=1S/C14H19Br/c1-10(2)14(15)13-8-7-11-5-3-4-6-12(11)9-13/h3-6,10,13-14H,7-9H2,1-2H3. The molecule has 1 aromatic rings. The third-order valence-electron chi connectivity index (χ3n) is 3.47. The lowest BCUT2D eigenvalue weighted by Crippen LogP contribution is -2.26. The Balaban J connectivity index is 2.12. The van der Waals surface area contributed by atoms with E-state index in [1.165, 1.54) is 19.3 Å². The van der Waals surface area contributed by atoms with Gasteiger partial charge in [-0.1, -0.05) is 54.0 Å². The van der Waals surface area contributed by atoms with E-state index in [-0.39, 0.29) is 0 Å². The predicted octanol–water partition coefficient (Wildman–Crippen LogP) is 4.21. The SMILES string of the molecule is CC(C)C(Br)C1CCc2ccccc2C1. The highest BCUT2D eigenvalue weighted by atomic mass is 79.9. The zero-order chi connectivity index (χ0) is 10.8. The Hall–Kier alpha value is -0.300. The van der Waals surface area contributed by atoms with Crippen LogP contribution in [0.4, 0.5) is 0 Å². The molecule has 0 radical (unpaired) electrons. The Morgan fingerprint density at radius 2 is 1.87 bits per heavy atom. The average Bonchev–Trinajstić information content (AvgIpc) is 2.27. The summed E-state index contributed by atoms with van der Waals surface area (Å²) in [7, 11) is 0. The first kappa shape index (κ1) is 11.2. The minimum Gasteiger partial charge on any atom is -0.0885 e. The molecule has 1 aliphatic carbocycles. The molecule has 0 aromatic heterocycles. The highest BCUT2D eigenvalue weighted by molar-refractivity contribution is 9.09. The van der Waals surface area contributed by atoms with Crippen LogP contribution in [-0.2, 0) is 12.8 Å². The molecule has 0 amide bonds. The second-order valence-corrected chi connectivity index (χ2v) is 6.02. The number of hydrogen-bond acceptors (Lipinski definition) is 0. The van der Waals surface area contributed by atoms with Gasteiger partial charge in [-0.05, 0) is 42.2 Å². The lowest BCUT2D eigenvalue weighted by atomic mass is 9.80. The predicted molar refractivity (Wildman–Crippen MR) is 69.5 cm³/mol. The van der Waals surface area contributed by atoms with Gasteiger partial charge < -0.3 is 0 Å². The molecule has 2 rings (SSSR count). The first-order chi connectivity index (χ1) is 7.18. The van der Waals surface area contributed by atoms with E-state index in [4.69, 9.17) is 0 Å². The van der Waals surface area contributed by atoms with Gasteiger partial charge in [-0.3, -0.25) is 0 Å². The third kappa shape index (κ3) is 2.44. The summed E-state index contributed by atoms with van der Waals surface area (Å²) in [6, 6.07) is 8.90. The summed E-state index contributed by atoms with van der Waals surface area (Å²) in [4.78, 5) is 0.672. The molecule has 0 saturated carbocycles. The van der Waals surface area contributed by atoms with Gasteiger partial charge in [0.1, 0.15) is 0 Å². The van der Waals surface area contributed by atoms with E-state index in [2.05, 4.69) is 54.0 Å². The summed E-state index contributed by atoms with van der Waals surface area (Å²) >= 11 is 3.86.